The average molecular weight is 421 g/mol. The van der Waals surface area contributed by atoms with Gasteiger partial charge in [-0.15, -0.1) is 0 Å². The number of carbonyl (C=O) groups is 1. The number of aromatic nitrogens is 3. The van der Waals surface area contributed by atoms with Gasteiger partial charge < -0.3 is 14.8 Å². The molecule has 7 nitrogen and oxygen atoms in total. The zero-order valence-corrected chi connectivity index (χ0v) is 18.0. The SMILES string of the molecule is COC(=O)/C=C/c1nn(Cc2ccc(OC)cc2)c2ccnc(NC3CCCCC3)c12. The molecule has 0 aliphatic heterocycles. The number of benzene rings is 1. The Labute approximate surface area is 182 Å². The van der Waals surface area contributed by atoms with Crippen LogP contribution in [0.3, 0.4) is 0 Å². The highest BCUT2D eigenvalue weighted by molar-refractivity contribution is 5.98. The molecule has 3 aromatic rings. The number of hydrogen-bond donors (Lipinski definition) is 1. The third-order valence-electron chi connectivity index (χ3n) is 5.71. The van der Waals surface area contributed by atoms with E-state index in [1.807, 2.05) is 41.2 Å². The normalized spacial score (nSPS) is 14.8. The molecular formula is C24H28N4O3. The summed E-state index contributed by atoms with van der Waals surface area (Å²) in [5.41, 5.74) is 2.77. The second-order valence-corrected chi connectivity index (χ2v) is 7.78. The Morgan fingerprint density at radius 2 is 1.94 bits per heavy atom. The van der Waals surface area contributed by atoms with Gasteiger partial charge in [-0.1, -0.05) is 31.4 Å². The van der Waals surface area contributed by atoms with Gasteiger partial charge in [-0.05, 0) is 42.7 Å². The number of hydrogen-bond acceptors (Lipinski definition) is 6. The standard InChI is InChI=1S/C24H28N4O3/c1-30-19-10-8-17(9-11-19)16-28-21-14-15-25-24(26-18-6-4-3-5-7-18)23(21)20(27-28)12-13-22(29)31-2/h8-15,18H,3-7,16H2,1-2H3,(H,25,26)/b13-12+. The predicted octanol–water partition coefficient (Wildman–Crippen LogP) is 4.42. The molecule has 1 fully saturated rings. The van der Waals surface area contributed by atoms with Gasteiger partial charge in [0.2, 0.25) is 0 Å². The van der Waals surface area contributed by atoms with Crippen LogP contribution < -0.4 is 10.1 Å². The van der Waals surface area contributed by atoms with Crippen LogP contribution in [0.15, 0.2) is 42.6 Å². The summed E-state index contributed by atoms with van der Waals surface area (Å²) in [4.78, 5) is 16.3. The van der Waals surface area contributed by atoms with Crippen LogP contribution >= 0.6 is 0 Å². The molecule has 1 aromatic carbocycles. The van der Waals surface area contributed by atoms with Gasteiger partial charge in [-0.3, -0.25) is 4.68 Å². The fraction of sp³-hybridized carbons (Fsp3) is 0.375. The van der Waals surface area contributed by atoms with Crippen LogP contribution in [0.2, 0.25) is 0 Å². The Balaban J connectivity index is 1.72. The van der Waals surface area contributed by atoms with E-state index < -0.39 is 5.97 Å². The third-order valence-corrected chi connectivity index (χ3v) is 5.71. The number of rotatable bonds is 7. The monoisotopic (exact) mass is 420 g/mol. The fourth-order valence-electron chi connectivity index (χ4n) is 4.06. The molecule has 1 aliphatic carbocycles. The Morgan fingerprint density at radius 1 is 1.16 bits per heavy atom. The van der Waals surface area contributed by atoms with E-state index in [1.165, 1.54) is 32.4 Å². The van der Waals surface area contributed by atoms with E-state index in [2.05, 4.69) is 10.3 Å². The second-order valence-electron chi connectivity index (χ2n) is 7.78. The van der Waals surface area contributed by atoms with Crippen molar-refractivity contribution in [2.75, 3.05) is 19.5 Å². The molecule has 31 heavy (non-hydrogen) atoms. The Hall–Kier alpha value is -3.35. The van der Waals surface area contributed by atoms with Crippen molar-refractivity contribution < 1.29 is 14.3 Å². The lowest BCUT2D eigenvalue weighted by atomic mass is 9.95. The average Bonchev–Trinajstić information content (AvgIpc) is 3.17. The van der Waals surface area contributed by atoms with Gasteiger partial charge in [0.15, 0.2) is 0 Å². The lowest BCUT2D eigenvalue weighted by Crippen LogP contribution is -2.22. The molecule has 0 unspecified atom stereocenters. The summed E-state index contributed by atoms with van der Waals surface area (Å²) in [7, 11) is 3.02. The van der Waals surface area contributed by atoms with Crippen LogP contribution in [0.4, 0.5) is 5.82 Å². The molecule has 0 saturated heterocycles. The Morgan fingerprint density at radius 3 is 2.65 bits per heavy atom. The van der Waals surface area contributed by atoms with Gasteiger partial charge in [0.1, 0.15) is 11.6 Å². The van der Waals surface area contributed by atoms with E-state index in [1.54, 1.807) is 13.2 Å². The van der Waals surface area contributed by atoms with Crippen molar-refractivity contribution in [1.82, 2.24) is 14.8 Å². The smallest absolute Gasteiger partial charge is 0.330 e. The maximum atomic E-state index is 11.7. The van der Waals surface area contributed by atoms with Gasteiger partial charge in [-0.25, -0.2) is 9.78 Å². The minimum atomic E-state index is -0.413. The topological polar surface area (TPSA) is 78.3 Å². The molecule has 0 spiro atoms. The van der Waals surface area contributed by atoms with Crippen molar-refractivity contribution in [3.05, 3.63) is 53.9 Å². The summed E-state index contributed by atoms with van der Waals surface area (Å²) < 4.78 is 12.0. The molecule has 2 aromatic heterocycles. The largest absolute Gasteiger partial charge is 0.497 e. The van der Waals surface area contributed by atoms with Crippen LogP contribution in [-0.4, -0.2) is 41.0 Å². The first-order valence-corrected chi connectivity index (χ1v) is 10.7. The molecule has 1 saturated carbocycles. The first-order valence-electron chi connectivity index (χ1n) is 10.7. The van der Waals surface area contributed by atoms with Crippen LogP contribution in [0, 0.1) is 0 Å². The first-order chi connectivity index (χ1) is 15.2. The number of nitrogens with zero attached hydrogens (tertiary/aromatic N) is 3. The van der Waals surface area contributed by atoms with E-state index in [0.29, 0.717) is 18.3 Å². The highest BCUT2D eigenvalue weighted by Crippen LogP contribution is 2.29. The third kappa shape index (κ3) is 4.87. The van der Waals surface area contributed by atoms with Gasteiger partial charge in [0, 0.05) is 18.3 Å². The van der Waals surface area contributed by atoms with Crippen molar-refractivity contribution in [1.29, 1.82) is 0 Å². The zero-order chi connectivity index (χ0) is 21.6. The summed E-state index contributed by atoms with van der Waals surface area (Å²) in [6.07, 6.45) is 11.0. The van der Waals surface area contributed by atoms with E-state index >= 15 is 0 Å². The predicted molar refractivity (Wildman–Crippen MR) is 121 cm³/mol. The summed E-state index contributed by atoms with van der Waals surface area (Å²) in [6, 6.07) is 10.3. The molecule has 2 heterocycles. The van der Waals surface area contributed by atoms with E-state index in [9.17, 15) is 4.79 Å². The zero-order valence-electron chi connectivity index (χ0n) is 18.0. The van der Waals surface area contributed by atoms with Crippen molar-refractivity contribution in [3.63, 3.8) is 0 Å². The maximum Gasteiger partial charge on any atom is 0.330 e. The molecule has 4 rings (SSSR count). The summed E-state index contributed by atoms with van der Waals surface area (Å²) >= 11 is 0. The molecule has 0 amide bonds. The van der Waals surface area contributed by atoms with Crippen molar-refractivity contribution in [2.24, 2.45) is 0 Å². The highest BCUT2D eigenvalue weighted by Gasteiger charge is 2.19. The van der Waals surface area contributed by atoms with Crippen LogP contribution in [0.25, 0.3) is 17.0 Å². The summed E-state index contributed by atoms with van der Waals surface area (Å²) in [5.74, 6) is 1.22. The molecule has 1 N–H and O–H groups in total. The lowest BCUT2D eigenvalue weighted by Gasteiger charge is -2.23. The number of fused-ring (bicyclic) bond motifs is 1. The Kier molecular flexibility index (Phi) is 6.50. The number of esters is 1. The van der Waals surface area contributed by atoms with Crippen molar-refractivity contribution in [3.8, 4) is 5.75 Å². The van der Waals surface area contributed by atoms with Crippen LogP contribution in [-0.2, 0) is 16.1 Å². The van der Waals surface area contributed by atoms with Gasteiger partial charge in [0.05, 0.1) is 37.4 Å². The molecular weight excluding hydrogens is 392 g/mol. The fourth-order valence-corrected chi connectivity index (χ4v) is 4.06. The molecule has 7 heteroatoms. The van der Waals surface area contributed by atoms with Crippen LogP contribution in [0.5, 0.6) is 5.75 Å². The van der Waals surface area contributed by atoms with Gasteiger partial charge in [0.25, 0.3) is 0 Å². The summed E-state index contributed by atoms with van der Waals surface area (Å²) in [5, 5.41) is 9.34. The quantitative estimate of drug-likeness (QED) is 0.450. The molecule has 1 aliphatic rings. The minimum absolute atomic E-state index is 0.411. The highest BCUT2D eigenvalue weighted by atomic mass is 16.5. The van der Waals surface area contributed by atoms with Gasteiger partial charge >= 0.3 is 5.97 Å². The number of methoxy groups -OCH3 is 2. The molecule has 0 atom stereocenters. The minimum Gasteiger partial charge on any atom is -0.497 e. The Bertz CT molecular complexity index is 1070. The van der Waals surface area contributed by atoms with Gasteiger partial charge in [-0.2, -0.15) is 5.10 Å². The summed E-state index contributed by atoms with van der Waals surface area (Å²) in [6.45, 7) is 0.597. The number of ether oxygens (including phenoxy) is 2. The molecule has 162 valence electrons. The molecule has 0 radical (unpaired) electrons. The number of pyridine rings is 1. The van der Waals surface area contributed by atoms with Crippen molar-refractivity contribution >= 4 is 28.8 Å². The maximum absolute atomic E-state index is 11.7. The van der Waals surface area contributed by atoms with Crippen molar-refractivity contribution in [2.45, 2.75) is 44.7 Å². The number of carbonyl (C=O) groups excluding carboxylic acids is 1. The number of anilines is 1. The second kappa shape index (κ2) is 9.64. The van der Waals surface area contributed by atoms with Crippen LogP contribution in [0.1, 0.15) is 43.4 Å². The number of nitrogens with one attached hydrogen (secondary N) is 1. The van der Waals surface area contributed by atoms with E-state index in [4.69, 9.17) is 14.6 Å². The lowest BCUT2D eigenvalue weighted by molar-refractivity contribution is -0.134. The first kappa shape index (κ1) is 20.9. The van der Waals surface area contributed by atoms with E-state index in [-0.39, 0.29) is 0 Å². The van der Waals surface area contributed by atoms with E-state index in [0.717, 1.165) is 40.9 Å². The molecule has 0 bridgehead atoms.